The van der Waals surface area contributed by atoms with Crippen molar-refractivity contribution in [3.63, 3.8) is 0 Å². The van der Waals surface area contributed by atoms with Crippen LogP contribution < -0.4 is 5.32 Å². The Morgan fingerprint density at radius 1 is 1.19 bits per heavy atom. The molecule has 1 N–H and O–H groups in total. The maximum absolute atomic E-state index is 13.0. The van der Waals surface area contributed by atoms with Crippen molar-refractivity contribution in [1.29, 1.82) is 0 Å². The highest BCUT2D eigenvalue weighted by Crippen LogP contribution is 2.25. The third kappa shape index (κ3) is 6.69. The molecule has 1 aromatic carbocycles. The van der Waals surface area contributed by atoms with Crippen LogP contribution in [0.3, 0.4) is 0 Å². The second-order valence-electron chi connectivity index (χ2n) is 9.43. The molecule has 2 amide bonds. The highest BCUT2D eigenvalue weighted by molar-refractivity contribution is 6.30. The van der Waals surface area contributed by atoms with Gasteiger partial charge in [0, 0.05) is 31.1 Å². The van der Waals surface area contributed by atoms with Gasteiger partial charge in [0.1, 0.15) is 11.7 Å². The van der Waals surface area contributed by atoms with Crippen LogP contribution in [0.1, 0.15) is 64.0 Å². The number of carbonyl (C=O) groups is 3. The van der Waals surface area contributed by atoms with Gasteiger partial charge in [0.2, 0.25) is 0 Å². The molecule has 176 valence electrons. The predicted molar refractivity (Wildman–Crippen MR) is 122 cm³/mol. The number of nitrogens with one attached hydrogen (secondary N) is 1. The number of likely N-dealkylation sites (tertiary alicyclic amines) is 1. The molecule has 2 fully saturated rings. The number of ketones is 1. The number of alkyl carbamates (subject to hydrolysis) is 1. The number of amides is 2. The van der Waals surface area contributed by atoms with Gasteiger partial charge < -0.3 is 19.7 Å². The largest absolute Gasteiger partial charge is 0.444 e. The molecular weight excluding hydrogens is 432 g/mol. The minimum Gasteiger partial charge on any atom is -0.444 e. The third-order valence-corrected chi connectivity index (χ3v) is 5.98. The van der Waals surface area contributed by atoms with Gasteiger partial charge in [-0.25, -0.2) is 4.79 Å². The van der Waals surface area contributed by atoms with E-state index in [2.05, 4.69) is 5.32 Å². The van der Waals surface area contributed by atoms with E-state index in [1.807, 2.05) is 32.9 Å². The molecule has 2 heterocycles. The first kappa shape index (κ1) is 24.5. The van der Waals surface area contributed by atoms with Gasteiger partial charge in [-0.1, -0.05) is 17.7 Å². The summed E-state index contributed by atoms with van der Waals surface area (Å²) in [5.74, 6) is 0.00299. The van der Waals surface area contributed by atoms with Crippen LogP contribution >= 0.6 is 11.6 Å². The number of carbonyl (C=O) groups excluding carboxylic acids is 3. The topological polar surface area (TPSA) is 84.9 Å². The molecule has 8 heteroatoms. The van der Waals surface area contributed by atoms with Crippen molar-refractivity contribution in [3.05, 3.63) is 34.3 Å². The summed E-state index contributed by atoms with van der Waals surface area (Å²) < 4.78 is 10.8. The van der Waals surface area contributed by atoms with Crippen LogP contribution in [0, 0.1) is 0 Å². The number of aryl methyl sites for hydroxylation is 1. The monoisotopic (exact) mass is 464 g/mol. The molecule has 0 unspecified atom stereocenters. The summed E-state index contributed by atoms with van der Waals surface area (Å²) in [7, 11) is 0. The summed E-state index contributed by atoms with van der Waals surface area (Å²) in [6, 6.07) is 5.06. The minimum atomic E-state index is -0.576. The Morgan fingerprint density at radius 2 is 1.97 bits per heavy atom. The average Bonchev–Trinajstić information content (AvgIpc) is 3.41. The van der Waals surface area contributed by atoms with Crippen molar-refractivity contribution in [2.45, 2.75) is 83.6 Å². The maximum Gasteiger partial charge on any atom is 0.407 e. The molecule has 2 aliphatic rings. The summed E-state index contributed by atoms with van der Waals surface area (Å²) in [4.78, 5) is 39.5. The van der Waals surface area contributed by atoms with Crippen LogP contribution in [-0.4, -0.2) is 53.6 Å². The van der Waals surface area contributed by atoms with Crippen LogP contribution in [0.15, 0.2) is 18.2 Å². The van der Waals surface area contributed by atoms with Gasteiger partial charge in [-0.3, -0.25) is 9.59 Å². The Bertz CT molecular complexity index is 845. The summed E-state index contributed by atoms with van der Waals surface area (Å²) in [5, 5.41) is 3.33. The van der Waals surface area contributed by atoms with Crippen LogP contribution in [0.2, 0.25) is 5.02 Å². The highest BCUT2D eigenvalue weighted by Gasteiger charge is 2.38. The van der Waals surface area contributed by atoms with Crippen molar-refractivity contribution in [1.82, 2.24) is 10.2 Å². The number of halogens is 1. The number of rotatable bonds is 7. The summed E-state index contributed by atoms with van der Waals surface area (Å²) >= 11 is 6.18. The number of Topliss-reactive ketones (excluding diaryl/α,β-unsaturated/α-hetero) is 1. The van der Waals surface area contributed by atoms with E-state index in [9.17, 15) is 14.4 Å². The Hall–Kier alpha value is -2.12. The quantitative estimate of drug-likeness (QED) is 0.658. The third-order valence-electron chi connectivity index (χ3n) is 5.74. The van der Waals surface area contributed by atoms with Crippen molar-refractivity contribution >= 4 is 29.4 Å². The lowest BCUT2D eigenvalue weighted by Crippen LogP contribution is -2.45. The van der Waals surface area contributed by atoms with Gasteiger partial charge in [0.25, 0.3) is 5.91 Å². The molecule has 0 radical (unpaired) electrons. The molecule has 2 saturated heterocycles. The van der Waals surface area contributed by atoms with E-state index in [1.54, 1.807) is 11.0 Å². The van der Waals surface area contributed by atoms with Gasteiger partial charge in [0.05, 0.1) is 6.04 Å². The van der Waals surface area contributed by atoms with E-state index in [4.69, 9.17) is 21.1 Å². The lowest BCUT2D eigenvalue weighted by atomic mass is 9.98. The molecule has 2 aliphatic heterocycles. The van der Waals surface area contributed by atoms with Crippen molar-refractivity contribution < 1.29 is 23.9 Å². The first-order valence-electron chi connectivity index (χ1n) is 11.3. The molecule has 3 rings (SSSR count). The van der Waals surface area contributed by atoms with Crippen LogP contribution in [-0.2, 0) is 32.0 Å². The summed E-state index contributed by atoms with van der Waals surface area (Å²) in [6.07, 6.45) is 3.04. The fourth-order valence-electron chi connectivity index (χ4n) is 4.23. The van der Waals surface area contributed by atoms with E-state index in [0.717, 1.165) is 30.4 Å². The van der Waals surface area contributed by atoms with Crippen LogP contribution in [0.4, 0.5) is 4.79 Å². The second-order valence-corrected chi connectivity index (χ2v) is 9.86. The van der Waals surface area contributed by atoms with Gasteiger partial charge >= 0.3 is 6.09 Å². The Labute approximate surface area is 194 Å². The number of benzene rings is 1. The standard InChI is InChI=1S/C24H33ClN2O5/c1-24(2,3)32-23(30)26-15-17-8-10-18(25)14-16(17)9-11-20(28)19-6-4-12-27(19)22(29)21-7-5-13-31-21/h8,10,14,19,21H,4-7,9,11-13,15H2,1-3H3,(H,26,30)/t19-,21+/m0/s1. The number of nitrogens with zero attached hydrogens (tertiary/aromatic N) is 1. The van der Waals surface area contributed by atoms with E-state index < -0.39 is 17.8 Å². The van der Waals surface area contributed by atoms with Crippen LogP contribution in [0.25, 0.3) is 0 Å². The Kier molecular flexibility index (Phi) is 8.17. The first-order chi connectivity index (χ1) is 15.1. The number of ether oxygens (including phenoxy) is 2. The molecule has 0 aromatic heterocycles. The summed E-state index contributed by atoms with van der Waals surface area (Å²) in [5.41, 5.74) is 1.21. The van der Waals surface area contributed by atoms with Crippen LogP contribution in [0.5, 0.6) is 0 Å². The molecule has 1 aromatic rings. The molecule has 32 heavy (non-hydrogen) atoms. The average molecular weight is 465 g/mol. The summed E-state index contributed by atoms with van der Waals surface area (Å²) in [6.45, 7) is 6.92. The fraction of sp³-hybridized carbons (Fsp3) is 0.625. The number of hydrogen-bond acceptors (Lipinski definition) is 5. The first-order valence-corrected chi connectivity index (χ1v) is 11.7. The number of hydrogen-bond donors (Lipinski definition) is 1. The molecule has 0 spiro atoms. The zero-order valence-corrected chi connectivity index (χ0v) is 19.9. The molecule has 7 nitrogen and oxygen atoms in total. The Balaban J connectivity index is 1.59. The lowest BCUT2D eigenvalue weighted by Gasteiger charge is -2.26. The van der Waals surface area contributed by atoms with Gasteiger partial charge in [-0.15, -0.1) is 0 Å². The van der Waals surface area contributed by atoms with E-state index in [-0.39, 0.29) is 24.3 Å². The van der Waals surface area contributed by atoms with Crippen molar-refractivity contribution in [2.75, 3.05) is 13.2 Å². The van der Waals surface area contributed by atoms with E-state index in [1.165, 1.54) is 0 Å². The van der Waals surface area contributed by atoms with E-state index >= 15 is 0 Å². The van der Waals surface area contributed by atoms with Gasteiger partial charge in [-0.05, 0) is 76.1 Å². The second kappa shape index (κ2) is 10.7. The predicted octanol–water partition coefficient (Wildman–Crippen LogP) is 4.04. The normalized spacial score (nSPS) is 20.9. The van der Waals surface area contributed by atoms with E-state index in [0.29, 0.717) is 37.4 Å². The van der Waals surface area contributed by atoms with Crippen molar-refractivity contribution in [3.8, 4) is 0 Å². The zero-order valence-electron chi connectivity index (χ0n) is 19.1. The van der Waals surface area contributed by atoms with Crippen molar-refractivity contribution in [2.24, 2.45) is 0 Å². The maximum atomic E-state index is 13.0. The molecule has 0 aliphatic carbocycles. The molecule has 0 saturated carbocycles. The van der Waals surface area contributed by atoms with Gasteiger partial charge in [-0.2, -0.15) is 0 Å². The molecule has 0 bridgehead atoms. The minimum absolute atomic E-state index is 0.0524. The highest BCUT2D eigenvalue weighted by atomic mass is 35.5. The molecule has 2 atom stereocenters. The Morgan fingerprint density at radius 3 is 2.66 bits per heavy atom. The smallest absolute Gasteiger partial charge is 0.407 e. The fourth-order valence-corrected chi connectivity index (χ4v) is 4.42. The SMILES string of the molecule is CC(C)(C)OC(=O)NCc1ccc(Cl)cc1CCC(=O)[C@@H]1CCCN1C(=O)[C@H]1CCCO1. The lowest BCUT2D eigenvalue weighted by molar-refractivity contribution is -0.145. The zero-order chi connectivity index (χ0) is 23.3. The molecular formula is C24H33ClN2O5. The van der Waals surface area contributed by atoms with Gasteiger partial charge in [0.15, 0.2) is 5.78 Å².